The molecule has 0 saturated carbocycles. The normalized spacial score (nSPS) is 14.5. The Bertz CT molecular complexity index is 1430. The lowest BCUT2D eigenvalue weighted by Gasteiger charge is -2.27. The van der Waals surface area contributed by atoms with Crippen LogP contribution in [0.2, 0.25) is 0 Å². The molecular weight excluding hydrogens is 549 g/mol. The molecule has 0 bridgehead atoms. The molecule has 3 amide bonds. The number of likely N-dealkylation sites (N-methyl/N-ethyl adjacent to an activating group) is 1. The van der Waals surface area contributed by atoms with Crippen molar-refractivity contribution in [2.75, 3.05) is 56.7 Å². The Hall–Kier alpha value is -4.31. The van der Waals surface area contributed by atoms with Crippen molar-refractivity contribution in [2.45, 2.75) is 33.7 Å². The Morgan fingerprint density at radius 1 is 0.953 bits per heavy atom. The van der Waals surface area contributed by atoms with E-state index in [1.165, 1.54) is 29.2 Å². The fourth-order valence-corrected chi connectivity index (χ4v) is 5.17. The highest BCUT2D eigenvalue weighted by Gasteiger charge is 2.45. The van der Waals surface area contributed by atoms with Gasteiger partial charge in [0.1, 0.15) is 17.0 Å². The van der Waals surface area contributed by atoms with Crippen molar-refractivity contribution < 1.29 is 23.5 Å². The van der Waals surface area contributed by atoms with Crippen LogP contribution >= 0.6 is 0 Å². The first-order valence-electron chi connectivity index (χ1n) is 14.5. The van der Waals surface area contributed by atoms with Gasteiger partial charge < -0.3 is 19.4 Å². The zero-order valence-corrected chi connectivity index (χ0v) is 25.5. The Kier molecular flexibility index (Phi) is 10.1. The van der Waals surface area contributed by atoms with Crippen molar-refractivity contribution in [3.63, 3.8) is 0 Å². The topological polar surface area (TPSA) is 86.3 Å². The second-order valence-corrected chi connectivity index (χ2v) is 11.3. The van der Waals surface area contributed by atoms with Crippen LogP contribution in [0.5, 0.6) is 5.75 Å². The summed E-state index contributed by atoms with van der Waals surface area (Å²) in [6.45, 7) is 8.64. The maximum absolute atomic E-state index is 13.3. The SMILES string of the molecule is CCN1C(=O)C(C)(C)C(=O)N(C)c2cc(OCCCN(CCN(C)C(=O)c3ccc(F)cc3)Cc3ccncc3)ccc21. The molecule has 4 rings (SSSR count). The fourth-order valence-electron chi connectivity index (χ4n) is 5.17. The molecule has 0 spiro atoms. The molecule has 43 heavy (non-hydrogen) atoms. The number of pyridine rings is 1. The summed E-state index contributed by atoms with van der Waals surface area (Å²) in [6, 6.07) is 15.0. The van der Waals surface area contributed by atoms with Gasteiger partial charge in [-0.1, -0.05) is 0 Å². The van der Waals surface area contributed by atoms with Crippen molar-refractivity contribution in [2.24, 2.45) is 5.41 Å². The van der Waals surface area contributed by atoms with Crippen LogP contribution in [0.4, 0.5) is 15.8 Å². The number of anilines is 2. The van der Waals surface area contributed by atoms with Crippen LogP contribution in [-0.2, 0) is 16.1 Å². The Morgan fingerprint density at radius 3 is 2.33 bits per heavy atom. The molecule has 0 radical (unpaired) electrons. The molecule has 0 unspecified atom stereocenters. The average molecular weight is 590 g/mol. The van der Waals surface area contributed by atoms with E-state index in [-0.39, 0.29) is 23.5 Å². The molecule has 10 heteroatoms. The summed E-state index contributed by atoms with van der Waals surface area (Å²) in [5.74, 6) is -0.407. The number of halogens is 1. The van der Waals surface area contributed by atoms with Gasteiger partial charge >= 0.3 is 0 Å². The van der Waals surface area contributed by atoms with Crippen LogP contribution < -0.4 is 14.5 Å². The predicted molar refractivity (Wildman–Crippen MR) is 165 cm³/mol. The molecule has 2 heterocycles. The summed E-state index contributed by atoms with van der Waals surface area (Å²) in [4.78, 5) is 50.3. The first-order valence-corrected chi connectivity index (χ1v) is 14.5. The third-order valence-corrected chi connectivity index (χ3v) is 7.77. The standard InChI is InChI=1S/C33H40FN5O4/c1-6-39-28-13-12-27(22-29(28)37(5)31(41)33(2,3)32(39)42)43-21-7-18-38(23-24-14-16-35-17-15-24)20-19-36(4)30(40)25-8-10-26(34)11-9-25/h8-17,22H,6-7,18-21,23H2,1-5H3. The maximum Gasteiger partial charge on any atom is 0.253 e. The van der Waals surface area contributed by atoms with Crippen LogP contribution in [0.25, 0.3) is 0 Å². The van der Waals surface area contributed by atoms with Crippen molar-refractivity contribution >= 4 is 29.1 Å². The van der Waals surface area contributed by atoms with E-state index in [9.17, 15) is 18.8 Å². The van der Waals surface area contributed by atoms with E-state index in [0.717, 1.165) is 18.5 Å². The number of nitrogens with zero attached hydrogens (tertiary/aromatic N) is 5. The number of carbonyl (C=O) groups is 3. The first kappa shape index (κ1) is 31.6. The number of benzene rings is 2. The summed E-state index contributed by atoms with van der Waals surface area (Å²) in [5, 5.41) is 0. The van der Waals surface area contributed by atoms with Crippen LogP contribution in [0.3, 0.4) is 0 Å². The minimum atomic E-state index is -1.17. The van der Waals surface area contributed by atoms with Crippen LogP contribution in [0.15, 0.2) is 67.0 Å². The van der Waals surface area contributed by atoms with E-state index in [2.05, 4.69) is 9.88 Å². The highest BCUT2D eigenvalue weighted by Crippen LogP contribution is 2.40. The monoisotopic (exact) mass is 589 g/mol. The van der Waals surface area contributed by atoms with Crippen molar-refractivity contribution in [1.82, 2.24) is 14.8 Å². The smallest absolute Gasteiger partial charge is 0.253 e. The Morgan fingerprint density at radius 2 is 1.65 bits per heavy atom. The molecule has 1 aliphatic rings. The number of carbonyl (C=O) groups excluding carboxylic acids is 3. The average Bonchev–Trinajstić information content (AvgIpc) is 3.06. The van der Waals surface area contributed by atoms with E-state index in [1.54, 1.807) is 50.1 Å². The van der Waals surface area contributed by atoms with Gasteiger partial charge in [-0.25, -0.2) is 4.39 Å². The molecule has 1 aliphatic heterocycles. The summed E-state index contributed by atoms with van der Waals surface area (Å²) in [5.41, 5.74) is 1.71. The van der Waals surface area contributed by atoms with Gasteiger partial charge in [0.15, 0.2) is 0 Å². The minimum Gasteiger partial charge on any atom is -0.493 e. The third-order valence-electron chi connectivity index (χ3n) is 7.77. The minimum absolute atomic E-state index is 0.162. The Labute approximate surface area is 252 Å². The van der Waals surface area contributed by atoms with E-state index in [4.69, 9.17) is 4.74 Å². The lowest BCUT2D eigenvalue weighted by Crippen LogP contribution is -2.47. The van der Waals surface area contributed by atoms with Gasteiger partial charge in [0, 0.05) is 70.8 Å². The summed E-state index contributed by atoms with van der Waals surface area (Å²) < 4.78 is 19.4. The molecule has 0 saturated heterocycles. The molecule has 2 aromatic carbocycles. The number of hydrogen-bond acceptors (Lipinski definition) is 6. The largest absolute Gasteiger partial charge is 0.493 e. The molecule has 0 fully saturated rings. The number of aromatic nitrogens is 1. The molecule has 228 valence electrons. The second kappa shape index (κ2) is 13.8. The first-order chi connectivity index (χ1) is 20.5. The van der Waals surface area contributed by atoms with E-state index in [0.29, 0.717) is 55.5 Å². The summed E-state index contributed by atoms with van der Waals surface area (Å²) in [7, 11) is 3.43. The molecule has 0 atom stereocenters. The molecule has 1 aromatic heterocycles. The van der Waals surface area contributed by atoms with Crippen molar-refractivity contribution in [3.8, 4) is 5.75 Å². The van der Waals surface area contributed by atoms with E-state index < -0.39 is 5.41 Å². The predicted octanol–water partition coefficient (Wildman–Crippen LogP) is 4.62. The van der Waals surface area contributed by atoms with Gasteiger partial charge in [-0.05, 0) is 81.3 Å². The summed E-state index contributed by atoms with van der Waals surface area (Å²) >= 11 is 0. The van der Waals surface area contributed by atoms with Gasteiger partial charge in [0.2, 0.25) is 11.8 Å². The highest BCUT2D eigenvalue weighted by molar-refractivity contribution is 6.20. The number of fused-ring (bicyclic) bond motifs is 1. The second-order valence-electron chi connectivity index (χ2n) is 11.3. The van der Waals surface area contributed by atoms with Gasteiger partial charge in [0.05, 0.1) is 18.0 Å². The van der Waals surface area contributed by atoms with Crippen molar-refractivity contribution in [1.29, 1.82) is 0 Å². The molecule has 0 N–H and O–H groups in total. The molecule has 0 aliphatic carbocycles. The van der Waals surface area contributed by atoms with Gasteiger partial charge in [-0.15, -0.1) is 0 Å². The van der Waals surface area contributed by atoms with Gasteiger partial charge in [0.25, 0.3) is 5.91 Å². The number of hydrogen-bond donors (Lipinski definition) is 0. The van der Waals surface area contributed by atoms with Crippen LogP contribution in [0.1, 0.15) is 43.1 Å². The molecular formula is C33H40FN5O4. The highest BCUT2D eigenvalue weighted by atomic mass is 19.1. The van der Waals surface area contributed by atoms with Crippen molar-refractivity contribution in [3.05, 3.63) is 83.9 Å². The zero-order chi connectivity index (χ0) is 31.1. The maximum atomic E-state index is 13.3. The number of amides is 3. The lowest BCUT2D eigenvalue weighted by molar-refractivity contribution is -0.137. The Balaban J connectivity index is 1.38. The molecule has 3 aromatic rings. The van der Waals surface area contributed by atoms with Crippen LogP contribution in [-0.4, -0.2) is 79.4 Å². The van der Waals surface area contributed by atoms with Gasteiger partial charge in [-0.3, -0.25) is 24.3 Å². The lowest BCUT2D eigenvalue weighted by atomic mass is 9.90. The third kappa shape index (κ3) is 7.37. The number of rotatable bonds is 12. The number of ether oxygens (including phenoxy) is 1. The summed E-state index contributed by atoms with van der Waals surface area (Å²) in [6.07, 6.45) is 4.24. The van der Waals surface area contributed by atoms with Gasteiger partial charge in [-0.2, -0.15) is 0 Å². The van der Waals surface area contributed by atoms with E-state index >= 15 is 0 Å². The molecule has 9 nitrogen and oxygen atoms in total. The quantitative estimate of drug-likeness (QED) is 0.226. The van der Waals surface area contributed by atoms with Crippen LogP contribution in [0, 0.1) is 11.2 Å². The van der Waals surface area contributed by atoms with E-state index in [1.807, 2.05) is 37.3 Å². The zero-order valence-electron chi connectivity index (χ0n) is 25.5. The fraction of sp³-hybridized carbons (Fsp3) is 0.394.